The van der Waals surface area contributed by atoms with Crippen molar-refractivity contribution in [3.8, 4) is 0 Å². The number of carbonyl (C=O) groups excluding carboxylic acids is 1. The van der Waals surface area contributed by atoms with Crippen molar-refractivity contribution in [1.29, 1.82) is 0 Å². The molecule has 0 saturated carbocycles. The summed E-state index contributed by atoms with van der Waals surface area (Å²) in [6.45, 7) is 4.77. The first-order valence-corrected chi connectivity index (χ1v) is 8.78. The van der Waals surface area contributed by atoms with E-state index in [1.54, 1.807) is 0 Å². The van der Waals surface area contributed by atoms with Gasteiger partial charge in [0.2, 0.25) is 5.91 Å². The fourth-order valence-corrected chi connectivity index (χ4v) is 2.94. The Labute approximate surface area is 136 Å². The number of carboxylic acid groups (broad SMARTS) is 2. The average Bonchev–Trinajstić information content (AvgIpc) is 2.45. The SMILES string of the molecule is CCCCC(CC)CNC(=O)CC(SCCC(=O)O)C(=O)O. The molecule has 6 nitrogen and oxygen atoms in total. The number of unbranched alkanes of at least 4 members (excludes halogenated alkanes) is 1. The summed E-state index contributed by atoms with van der Waals surface area (Å²) < 4.78 is 0. The van der Waals surface area contributed by atoms with Crippen LogP contribution in [0.1, 0.15) is 52.4 Å². The van der Waals surface area contributed by atoms with Crippen LogP contribution in [0.3, 0.4) is 0 Å². The number of hydrogen-bond donors (Lipinski definition) is 3. The molecule has 22 heavy (non-hydrogen) atoms. The van der Waals surface area contributed by atoms with Gasteiger partial charge in [0.15, 0.2) is 0 Å². The highest BCUT2D eigenvalue weighted by atomic mass is 32.2. The Balaban J connectivity index is 4.16. The lowest BCUT2D eigenvalue weighted by Crippen LogP contribution is -2.33. The molecule has 7 heteroatoms. The maximum atomic E-state index is 11.8. The predicted octanol–water partition coefficient (Wildman–Crippen LogP) is 2.37. The van der Waals surface area contributed by atoms with Gasteiger partial charge in [-0.1, -0.05) is 33.1 Å². The van der Waals surface area contributed by atoms with Crippen LogP contribution in [0, 0.1) is 5.92 Å². The molecule has 0 aliphatic rings. The number of aliphatic carboxylic acids is 2. The molecule has 2 atom stereocenters. The lowest BCUT2D eigenvalue weighted by molar-refractivity contribution is -0.138. The Morgan fingerprint density at radius 2 is 1.86 bits per heavy atom. The molecule has 0 saturated heterocycles. The molecule has 0 spiro atoms. The molecule has 0 bridgehead atoms. The first-order chi connectivity index (χ1) is 10.4. The lowest BCUT2D eigenvalue weighted by atomic mass is 9.99. The van der Waals surface area contributed by atoms with Gasteiger partial charge in [0.05, 0.1) is 6.42 Å². The number of carboxylic acids is 2. The lowest BCUT2D eigenvalue weighted by Gasteiger charge is -2.16. The van der Waals surface area contributed by atoms with E-state index in [1.807, 2.05) is 0 Å². The van der Waals surface area contributed by atoms with Gasteiger partial charge in [0, 0.05) is 18.7 Å². The quantitative estimate of drug-likeness (QED) is 0.478. The van der Waals surface area contributed by atoms with Crippen LogP contribution in [0.4, 0.5) is 0 Å². The third-order valence-corrected chi connectivity index (χ3v) is 4.62. The highest BCUT2D eigenvalue weighted by Crippen LogP contribution is 2.17. The second-order valence-corrected chi connectivity index (χ2v) is 6.58. The van der Waals surface area contributed by atoms with Crippen molar-refractivity contribution in [2.24, 2.45) is 5.92 Å². The summed E-state index contributed by atoms with van der Waals surface area (Å²) in [4.78, 5) is 33.4. The number of carbonyl (C=O) groups is 3. The van der Waals surface area contributed by atoms with Gasteiger partial charge in [-0.3, -0.25) is 14.4 Å². The van der Waals surface area contributed by atoms with Gasteiger partial charge in [-0.15, -0.1) is 11.8 Å². The van der Waals surface area contributed by atoms with Crippen LogP contribution in [-0.4, -0.2) is 45.6 Å². The Morgan fingerprint density at radius 1 is 1.18 bits per heavy atom. The van der Waals surface area contributed by atoms with Crippen molar-refractivity contribution in [2.75, 3.05) is 12.3 Å². The topological polar surface area (TPSA) is 104 Å². The van der Waals surface area contributed by atoms with Crippen LogP contribution >= 0.6 is 11.8 Å². The third kappa shape index (κ3) is 10.5. The Hall–Kier alpha value is -1.24. The summed E-state index contributed by atoms with van der Waals surface area (Å²) in [6, 6.07) is 0. The standard InChI is InChI=1S/C15H27NO5S/c1-3-5-6-11(4-2)10-16-13(17)9-12(15(20)21)22-8-7-14(18)19/h11-12H,3-10H2,1-2H3,(H,16,17)(H,18,19)(H,20,21). The molecule has 0 aliphatic heterocycles. The van der Waals surface area contributed by atoms with E-state index in [1.165, 1.54) is 0 Å². The van der Waals surface area contributed by atoms with E-state index in [9.17, 15) is 14.4 Å². The van der Waals surface area contributed by atoms with Gasteiger partial charge >= 0.3 is 11.9 Å². The van der Waals surface area contributed by atoms with Crippen LogP contribution < -0.4 is 5.32 Å². The fraction of sp³-hybridized carbons (Fsp3) is 0.800. The maximum Gasteiger partial charge on any atom is 0.317 e. The summed E-state index contributed by atoms with van der Waals surface area (Å²) in [7, 11) is 0. The molecular weight excluding hydrogens is 306 g/mol. The Morgan fingerprint density at radius 3 is 2.36 bits per heavy atom. The number of thioether (sulfide) groups is 1. The van der Waals surface area contributed by atoms with Gasteiger partial charge in [0.25, 0.3) is 0 Å². The van der Waals surface area contributed by atoms with Crippen molar-refractivity contribution in [3.05, 3.63) is 0 Å². The first-order valence-electron chi connectivity index (χ1n) is 7.73. The predicted molar refractivity (Wildman–Crippen MR) is 87.1 cm³/mol. The van der Waals surface area contributed by atoms with E-state index >= 15 is 0 Å². The van der Waals surface area contributed by atoms with E-state index in [4.69, 9.17) is 10.2 Å². The maximum absolute atomic E-state index is 11.8. The van der Waals surface area contributed by atoms with Crippen molar-refractivity contribution >= 4 is 29.6 Å². The number of nitrogens with one attached hydrogen (secondary N) is 1. The summed E-state index contributed by atoms with van der Waals surface area (Å²) in [5.41, 5.74) is 0. The normalized spacial score (nSPS) is 13.4. The van der Waals surface area contributed by atoms with Crippen LogP contribution in [0.5, 0.6) is 0 Å². The molecule has 0 aliphatic carbocycles. The summed E-state index contributed by atoms with van der Waals surface area (Å²) >= 11 is 0.999. The fourth-order valence-electron chi connectivity index (χ4n) is 1.95. The zero-order chi connectivity index (χ0) is 17.0. The summed E-state index contributed by atoms with van der Waals surface area (Å²) in [6.07, 6.45) is 4.05. The van der Waals surface area contributed by atoms with Gasteiger partial charge in [0.1, 0.15) is 5.25 Å². The summed E-state index contributed by atoms with van der Waals surface area (Å²) in [5, 5.41) is 19.5. The second kappa shape index (κ2) is 12.3. The molecule has 0 aromatic carbocycles. The Bertz CT molecular complexity index is 362. The van der Waals surface area contributed by atoms with Crippen molar-refractivity contribution < 1.29 is 24.6 Å². The minimum Gasteiger partial charge on any atom is -0.481 e. The average molecular weight is 333 g/mol. The number of amides is 1. The molecule has 0 aromatic heterocycles. The molecule has 0 heterocycles. The molecule has 2 unspecified atom stereocenters. The zero-order valence-corrected chi connectivity index (χ0v) is 14.2. The van der Waals surface area contributed by atoms with E-state index in [0.717, 1.165) is 37.4 Å². The van der Waals surface area contributed by atoms with Gasteiger partial charge in [-0.25, -0.2) is 0 Å². The Kier molecular flexibility index (Phi) is 11.6. The highest BCUT2D eigenvalue weighted by molar-refractivity contribution is 8.00. The van der Waals surface area contributed by atoms with Crippen molar-refractivity contribution in [1.82, 2.24) is 5.32 Å². The van der Waals surface area contributed by atoms with Gasteiger partial charge in [-0.05, 0) is 12.3 Å². The molecule has 1 amide bonds. The highest BCUT2D eigenvalue weighted by Gasteiger charge is 2.22. The second-order valence-electron chi connectivity index (χ2n) is 5.27. The van der Waals surface area contributed by atoms with E-state index in [2.05, 4.69) is 19.2 Å². The molecule has 0 radical (unpaired) electrons. The molecule has 128 valence electrons. The van der Waals surface area contributed by atoms with Crippen LogP contribution in [-0.2, 0) is 14.4 Å². The summed E-state index contributed by atoms with van der Waals surface area (Å²) in [5.74, 6) is -1.73. The molecular formula is C15H27NO5S. The molecule has 0 aromatic rings. The minimum absolute atomic E-state index is 0.106. The molecule has 0 fully saturated rings. The van der Waals surface area contributed by atoms with E-state index in [0.29, 0.717) is 12.5 Å². The van der Waals surface area contributed by atoms with Crippen molar-refractivity contribution in [3.63, 3.8) is 0 Å². The zero-order valence-electron chi connectivity index (χ0n) is 13.3. The number of hydrogen-bond acceptors (Lipinski definition) is 4. The largest absolute Gasteiger partial charge is 0.481 e. The van der Waals surface area contributed by atoms with Crippen LogP contribution in [0.25, 0.3) is 0 Å². The van der Waals surface area contributed by atoms with Gasteiger partial charge < -0.3 is 15.5 Å². The molecule has 0 rings (SSSR count). The number of rotatable bonds is 13. The van der Waals surface area contributed by atoms with Crippen molar-refractivity contribution in [2.45, 2.75) is 57.6 Å². The monoisotopic (exact) mass is 333 g/mol. The van der Waals surface area contributed by atoms with Gasteiger partial charge in [-0.2, -0.15) is 0 Å². The van der Waals surface area contributed by atoms with E-state index in [-0.39, 0.29) is 24.5 Å². The first kappa shape index (κ1) is 20.8. The minimum atomic E-state index is -1.08. The van der Waals surface area contributed by atoms with E-state index < -0.39 is 17.2 Å². The van der Waals surface area contributed by atoms with Crippen LogP contribution in [0.2, 0.25) is 0 Å². The van der Waals surface area contributed by atoms with Crippen LogP contribution in [0.15, 0.2) is 0 Å². The smallest absolute Gasteiger partial charge is 0.317 e. The third-order valence-electron chi connectivity index (χ3n) is 3.41. The molecule has 3 N–H and O–H groups in total.